The number of nitrogens with one attached hydrogen (secondary N) is 1. The van der Waals surface area contributed by atoms with Gasteiger partial charge in [-0.3, -0.25) is 4.79 Å². The highest BCUT2D eigenvalue weighted by atomic mass is 32.2. The first kappa shape index (κ1) is 16.8. The van der Waals surface area contributed by atoms with Crippen LogP contribution in [-0.2, 0) is 21.2 Å². The molecule has 22 heavy (non-hydrogen) atoms. The Morgan fingerprint density at radius 1 is 1.45 bits per heavy atom. The van der Waals surface area contributed by atoms with Gasteiger partial charge in [-0.2, -0.15) is 0 Å². The van der Waals surface area contributed by atoms with Crippen LogP contribution in [0.5, 0.6) is 0 Å². The molecule has 1 aliphatic heterocycles. The molecule has 0 saturated carbocycles. The van der Waals surface area contributed by atoms with Gasteiger partial charge in [0.25, 0.3) is 0 Å². The highest BCUT2D eigenvalue weighted by Gasteiger charge is 2.28. The Morgan fingerprint density at radius 2 is 2.18 bits per heavy atom. The second-order valence-corrected chi connectivity index (χ2v) is 7.28. The summed E-state index contributed by atoms with van der Waals surface area (Å²) in [7, 11) is -3.70. The second kappa shape index (κ2) is 6.66. The van der Waals surface area contributed by atoms with E-state index < -0.39 is 10.0 Å². The van der Waals surface area contributed by atoms with Crippen LogP contribution in [0.2, 0.25) is 0 Å². The van der Waals surface area contributed by atoms with Gasteiger partial charge in [-0.1, -0.05) is 13.3 Å². The van der Waals surface area contributed by atoms with Crippen LogP contribution in [0.1, 0.15) is 32.3 Å². The van der Waals surface area contributed by atoms with Crippen molar-refractivity contribution in [3.8, 4) is 0 Å². The molecule has 2 rings (SSSR count). The number of carbonyl (C=O) groups is 1. The molecule has 0 saturated heterocycles. The average Bonchev–Trinajstić information content (AvgIpc) is 2.74. The summed E-state index contributed by atoms with van der Waals surface area (Å²) in [4.78, 5) is 14.1. The smallest absolute Gasteiger partial charge is 0.239 e. The Morgan fingerprint density at radius 3 is 2.82 bits per heavy atom. The molecule has 1 aromatic rings. The fourth-order valence-electron chi connectivity index (χ4n) is 2.70. The summed E-state index contributed by atoms with van der Waals surface area (Å²) in [6.07, 6.45) is 2.72. The van der Waals surface area contributed by atoms with E-state index in [4.69, 9.17) is 5.14 Å². The third kappa shape index (κ3) is 3.78. The second-order valence-electron chi connectivity index (χ2n) is 5.72. The van der Waals surface area contributed by atoms with E-state index in [0.29, 0.717) is 13.0 Å². The SMILES string of the molecule is CCCCNC(=O)CN1c2ccc(S(N)(=O)=O)cc2C[C@H]1C. The van der Waals surface area contributed by atoms with E-state index in [0.717, 1.165) is 24.1 Å². The number of nitrogens with two attached hydrogens (primary N) is 1. The zero-order valence-electron chi connectivity index (χ0n) is 13.0. The molecule has 6 nitrogen and oxygen atoms in total. The normalized spacial score (nSPS) is 17.4. The summed E-state index contributed by atoms with van der Waals surface area (Å²) in [5, 5.41) is 8.06. The predicted molar refractivity (Wildman–Crippen MR) is 86.2 cm³/mol. The lowest BCUT2D eigenvalue weighted by Crippen LogP contribution is -2.40. The number of anilines is 1. The van der Waals surface area contributed by atoms with Gasteiger partial charge in [0, 0.05) is 18.3 Å². The molecule has 1 heterocycles. The number of unbranched alkanes of at least 4 members (excludes halogenated alkanes) is 1. The molecule has 0 fully saturated rings. The molecule has 0 aromatic heterocycles. The van der Waals surface area contributed by atoms with E-state index in [1.165, 1.54) is 6.07 Å². The summed E-state index contributed by atoms with van der Waals surface area (Å²) >= 11 is 0. The minimum absolute atomic E-state index is 0.0105. The maximum absolute atomic E-state index is 12.0. The lowest BCUT2D eigenvalue weighted by atomic mass is 10.1. The molecule has 3 N–H and O–H groups in total. The Labute approximate surface area is 131 Å². The molecule has 7 heteroatoms. The molecule has 122 valence electrons. The lowest BCUT2D eigenvalue weighted by Gasteiger charge is -2.24. The third-order valence-corrected chi connectivity index (χ3v) is 4.81. The van der Waals surface area contributed by atoms with E-state index in [9.17, 15) is 13.2 Å². The molecule has 0 unspecified atom stereocenters. The Kier molecular flexibility index (Phi) is 5.08. The van der Waals surface area contributed by atoms with E-state index in [1.54, 1.807) is 12.1 Å². The summed E-state index contributed by atoms with van der Waals surface area (Å²) in [5.41, 5.74) is 1.82. The number of nitrogens with zero attached hydrogens (tertiary/aromatic N) is 1. The number of carbonyl (C=O) groups excluding carboxylic acids is 1. The van der Waals surface area contributed by atoms with Crippen LogP contribution in [0, 0.1) is 0 Å². The molecular weight excluding hydrogens is 302 g/mol. The van der Waals surface area contributed by atoms with Crippen molar-refractivity contribution in [2.75, 3.05) is 18.0 Å². The zero-order chi connectivity index (χ0) is 16.3. The van der Waals surface area contributed by atoms with Gasteiger partial charge in [-0.15, -0.1) is 0 Å². The van der Waals surface area contributed by atoms with Crippen molar-refractivity contribution in [3.05, 3.63) is 23.8 Å². The summed E-state index contributed by atoms with van der Waals surface area (Å²) in [6.45, 7) is 5.07. The largest absolute Gasteiger partial charge is 0.359 e. The van der Waals surface area contributed by atoms with Crippen LogP contribution in [0.25, 0.3) is 0 Å². The van der Waals surface area contributed by atoms with Crippen LogP contribution in [-0.4, -0.2) is 33.5 Å². The maximum atomic E-state index is 12.0. The minimum atomic E-state index is -3.70. The van der Waals surface area contributed by atoms with Crippen LogP contribution in [0.3, 0.4) is 0 Å². The number of hydrogen-bond acceptors (Lipinski definition) is 4. The highest BCUT2D eigenvalue weighted by Crippen LogP contribution is 2.33. The Hall–Kier alpha value is -1.60. The fraction of sp³-hybridized carbons (Fsp3) is 0.533. The number of sulfonamides is 1. The standard InChI is InChI=1S/C15H23N3O3S/c1-3-4-7-17-15(19)10-18-11(2)8-12-9-13(22(16,20)21)5-6-14(12)18/h5-6,9,11H,3-4,7-8,10H2,1-2H3,(H,17,19)(H2,16,20,21)/t11-/m1/s1. The van der Waals surface area contributed by atoms with Gasteiger partial charge in [0.1, 0.15) is 0 Å². The highest BCUT2D eigenvalue weighted by molar-refractivity contribution is 7.89. The van der Waals surface area contributed by atoms with E-state index >= 15 is 0 Å². The van der Waals surface area contributed by atoms with Gasteiger partial charge in [0.2, 0.25) is 15.9 Å². The van der Waals surface area contributed by atoms with Crippen LogP contribution >= 0.6 is 0 Å². The van der Waals surface area contributed by atoms with Crippen molar-refractivity contribution < 1.29 is 13.2 Å². The average molecular weight is 325 g/mol. The van der Waals surface area contributed by atoms with E-state index in [1.807, 2.05) is 11.8 Å². The fourth-order valence-corrected chi connectivity index (χ4v) is 3.27. The van der Waals surface area contributed by atoms with Crippen LogP contribution < -0.4 is 15.4 Å². The van der Waals surface area contributed by atoms with E-state index in [2.05, 4.69) is 12.2 Å². The molecule has 0 radical (unpaired) electrons. The first-order valence-corrected chi connectivity index (χ1v) is 9.06. The number of benzene rings is 1. The molecule has 1 aromatic carbocycles. The molecule has 1 amide bonds. The topological polar surface area (TPSA) is 92.5 Å². The van der Waals surface area contributed by atoms with Gasteiger partial charge in [0.15, 0.2) is 0 Å². The van der Waals surface area contributed by atoms with Gasteiger partial charge < -0.3 is 10.2 Å². The zero-order valence-corrected chi connectivity index (χ0v) is 13.8. The van der Waals surface area contributed by atoms with Crippen LogP contribution in [0.4, 0.5) is 5.69 Å². The number of primary sulfonamides is 1. The summed E-state index contributed by atoms with van der Waals surface area (Å²) in [6, 6.07) is 4.99. The van der Waals surface area contributed by atoms with Crippen molar-refractivity contribution in [1.29, 1.82) is 0 Å². The van der Waals surface area contributed by atoms with Crippen molar-refractivity contribution >= 4 is 21.6 Å². The van der Waals surface area contributed by atoms with Gasteiger partial charge in [-0.05, 0) is 43.5 Å². The van der Waals surface area contributed by atoms with Crippen molar-refractivity contribution in [2.45, 2.75) is 44.0 Å². The first-order chi connectivity index (χ1) is 10.3. The Balaban J connectivity index is 2.12. The van der Waals surface area contributed by atoms with Gasteiger partial charge >= 0.3 is 0 Å². The molecule has 0 spiro atoms. The van der Waals surface area contributed by atoms with Crippen LogP contribution in [0.15, 0.2) is 23.1 Å². The van der Waals surface area contributed by atoms with Crippen molar-refractivity contribution in [2.24, 2.45) is 5.14 Å². The molecule has 0 bridgehead atoms. The molecule has 1 atom stereocenters. The quantitative estimate of drug-likeness (QED) is 0.763. The lowest BCUT2D eigenvalue weighted by molar-refractivity contribution is -0.119. The maximum Gasteiger partial charge on any atom is 0.239 e. The number of fused-ring (bicyclic) bond motifs is 1. The number of amides is 1. The van der Waals surface area contributed by atoms with Gasteiger partial charge in [-0.25, -0.2) is 13.6 Å². The van der Waals surface area contributed by atoms with Gasteiger partial charge in [0.05, 0.1) is 11.4 Å². The molecule has 1 aliphatic rings. The summed E-state index contributed by atoms with van der Waals surface area (Å²) < 4.78 is 22.8. The number of rotatable bonds is 6. The van der Waals surface area contributed by atoms with E-state index in [-0.39, 0.29) is 23.4 Å². The predicted octanol–water partition coefficient (Wildman–Crippen LogP) is 1.00. The summed E-state index contributed by atoms with van der Waals surface area (Å²) in [5.74, 6) is -0.0105. The number of hydrogen-bond donors (Lipinski definition) is 2. The van der Waals surface area contributed by atoms with Crippen molar-refractivity contribution in [1.82, 2.24) is 5.32 Å². The monoisotopic (exact) mass is 325 g/mol. The Bertz CT molecular complexity index is 658. The molecule has 0 aliphatic carbocycles. The third-order valence-electron chi connectivity index (χ3n) is 3.90. The molecular formula is C15H23N3O3S. The first-order valence-electron chi connectivity index (χ1n) is 7.52. The van der Waals surface area contributed by atoms with Crippen molar-refractivity contribution in [3.63, 3.8) is 0 Å². The minimum Gasteiger partial charge on any atom is -0.359 e.